The van der Waals surface area contributed by atoms with E-state index in [-0.39, 0.29) is 0 Å². The highest BCUT2D eigenvalue weighted by atomic mass is 16.5. The molecular formula is C11H11N2O2. The molecule has 0 saturated heterocycles. The fourth-order valence-electron chi connectivity index (χ4n) is 1.56. The molecule has 0 atom stereocenters. The van der Waals surface area contributed by atoms with Crippen LogP contribution in [0.1, 0.15) is 12.6 Å². The molecule has 0 amide bonds. The van der Waals surface area contributed by atoms with Crippen molar-refractivity contribution in [3.8, 4) is 0 Å². The summed E-state index contributed by atoms with van der Waals surface area (Å²) in [7, 11) is 1.34. The number of benzene rings is 1. The minimum Gasteiger partial charge on any atom is -0.451 e. The highest BCUT2D eigenvalue weighted by molar-refractivity contribution is 5.89. The van der Waals surface area contributed by atoms with Gasteiger partial charge in [0.25, 0.3) is 0 Å². The average Bonchev–Trinajstić information content (AvgIpc) is 2.67. The Labute approximate surface area is 87.5 Å². The fraction of sp³-hybridized carbons (Fsp3) is 0.273. The number of nitrogens with zero attached hydrogens (tertiary/aromatic N) is 2. The Bertz CT molecular complexity index is 502. The summed E-state index contributed by atoms with van der Waals surface area (Å²) in [6.45, 7) is 2.00. The van der Waals surface area contributed by atoms with E-state index < -0.39 is 6.09 Å². The number of hydrogen-bond donors (Lipinski definition) is 0. The van der Waals surface area contributed by atoms with Gasteiger partial charge < -0.3 is 4.74 Å². The van der Waals surface area contributed by atoms with Crippen molar-refractivity contribution >= 4 is 17.0 Å². The minimum atomic E-state index is -0.473. The number of aromatic nitrogens is 2. The number of hydrogen-bond acceptors (Lipinski definition) is 3. The number of ether oxygens (including phenoxy) is 1. The molecule has 0 spiro atoms. The van der Waals surface area contributed by atoms with Crippen molar-refractivity contribution in [2.24, 2.45) is 0 Å². The van der Waals surface area contributed by atoms with Crippen LogP contribution in [-0.2, 0) is 11.2 Å². The van der Waals surface area contributed by atoms with Gasteiger partial charge in [0.1, 0.15) is 0 Å². The van der Waals surface area contributed by atoms with E-state index in [0.717, 1.165) is 23.0 Å². The van der Waals surface area contributed by atoms with Crippen LogP contribution in [0.5, 0.6) is 0 Å². The van der Waals surface area contributed by atoms with Crippen molar-refractivity contribution < 1.29 is 9.53 Å². The lowest BCUT2D eigenvalue weighted by Crippen LogP contribution is -2.12. The largest absolute Gasteiger partial charge is 0.451 e. The lowest BCUT2D eigenvalue weighted by molar-refractivity contribution is 0.170. The molecule has 2 aromatic rings. The molecule has 2 rings (SSSR count). The molecule has 1 aromatic heterocycles. The van der Waals surface area contributed by atoms with Crippen molar-refractivity contribution in [1.82, 2.24) is 9.78 Å². The number of rotatable bonds is 1. The summed E-state index contributed by atoms with van der Waals surface area (Å²) < 4.78 is 5.92. The summed E-state index contributed by atoms with van der Waals surface area (Å²) in [5.74, 6) is 0. The molecule has 0 fully saturated rings. The van der Waals surface area contributed by atoms with Gasteiger partial charge in [-0.3, -0.25) is 0 Å². The van der Waals surface area contributed by atoms with Crippen LogP contribution in [0, 0.1) is 6.07 Å². The molecule has 0 N–H and O–H groups in total. The van der Waals surface area contributed by atoms with Crippen LogP contribution < -0.4 is 0 Å². The Kier molecular flexibility index (Phi) is 2.41. The minimum absolute atomic E-state index is 0.473. The van der Waals surface area contributed by atoms with Crippen LogP contribution in [0.2, 0.25) is 0 Å². The van der Waals surface area contributed by atoms with Crippen molar-refractivity contribution in [3.63, 3.8) is 0 Å². The Morgan fingerprint density at radius 3 is 3.13 bits per heavy atom. The molecule has 1 radical (unpaired) electrons. The lowest BCUT2D eigenvalue weighted by atomic mass is 10.2. The number of carbonyl (C=O) groups excluding carboxylic acids is 1. The molecule has 77 valence electrons. The first-order chi connectivity index (χ1) is 7.27. The molecule has 0 aliphatic rings. The first kappa shape index (κ1) is 9.71. The molecule has 0 aliphatic heterocycles. The maximum absolute atomic E-state index is 11.4. The Hall–Kier alpha value is -1.84. The summed E-state index contributed by atoms with van der Waals surface area (Å²) in [4.78, 5) is 11.4. The zero-order valence-corrected chi connectivity index (χ0v) is 8.65. The first-order valence-electron chi connectivity index (χ1n) is 4.74. The molecule has 1 aromatic carbocycles. The van der Waals surface area contributed by atoms with Crippen molar-refractivity contribution in [1.29, 1.82) is 0 Å². The smallest absolute Gasteiger partial charge is 0.434 e. The van der Waals surface area contributed by atoms with E-state index in [1.165, 1.54) is 11.8 Å². The Morgan fingerprint density at radius 1 is 1.67 bits per heavy atom. The van der Waals surface area contributed by atoms with Crippen molar-refractivity contribution in [2.75, 3.05) is 7.11 Å². The summed E-state index contributed by atoms with van der Waals surface area (Å²) in [6, 6.07) is 8.37. The van der Waals surface area contributed by atoms with Gasteiger partial charge in [0.05, 0.1) is 18.3 Å². The molecule has 0 aliphatic carbocycles. The van der Waals surface area contributed by atoms with Gasteiger partial charge in [0.15, 0.2) is 0 Å². The number of carbonyl (C=O) groups is 1. The molecule has 1 heterocycles. The quantitative estimate of drug-likeness (QED) is 0.712. The predicted molar refractivity (Wildman–Crippen MR) is 55.8 cm³/mol. The number of fused-ring (bicyclic) bond motifs is 1. The van der Waals surface area contributed by atoms with Gasteiger partial charge in [-0.25, -0.2) is 4.79 Å². The van der Waals surface area contributed by atoms with E-state index in [1.807, 2.05) is 19.1 Å². The zero-order valence-electron chi connectivity index (χ0n) is 8.65. The van der Waals surface area contributed by atoms with Crippen molar-refractivity contribution in [2.45, 2.75) is 13.3 Å². The second-order valence-corrected chi connectivity index (χ2v) is 3.13. The molecule has 4 nitrogen and oxygen atoms in total. The standard InChI is InChI=1S/C11H11N2O2/c1-3-9-8-6-4-5-7-10(8)13(12-9)11(14)15-2/h4,6-7H,3H2,1-2H3. The van der Waals surface area contributed by atoms with Gasteiger partial charge in [-0.1, -0.05) is 19.1 Å². The summed E-state index contributed by atoms with van der Waals surface area (Å²) in [5.41, 5.74) is 1.63. The third kappa shape index (κ3) is 1.48. The second kappa shape index (κ2) is 3.73. The monoisotopic (exact) mass is 203 g/mol. The average molecular weight is 203 g/mol. The third-order valence-corrected chi connectivity index (χ3v) is 2.28. The SMILES string of the molecule is CCc1nn(C(=O)OC)c2c[c]ccc12. The van der Waals surface area contributed by atoms with E-state index in [4.69, 9.17) is 0 Å². The molecular weight excluding hydrogens is 192 g/mol. The fourth-order valence-corrected chi connectivity index (χ4v) is 1.56. The summed E-state index contributed by atoms with van der Waals surface area (Å²) >= 11 is 0. The van der Waals surface area contributed by atoms with E-state index in [9.17, 15) is 4.79 Å². The van der Waals surface area contributed by atoms with Gasteiger partial charge in [-0.15, -0.1) is 0 Å². The highest BCUT2D eigenvalue weighted by Crippen LogP contribution is 2.18. The van der Waals surface area contributed by atoms with Crippen LogP contribution in [0.25, 0.3) is 10.9 Å². The van der Waals surface area contributed by atoms with E-state index >= 15 is 0 Å². The Morgan fingerprint density at radius 2 is 2.47 bits per heavy atom. The number of methoxy groups -OCH3 is 1. The van der Waals surface area contributed by atoms with E-state index in [1.54, 1.807) is 6.07 Å². The first-order valence-corrected chi connectivity index (χ1v) is 4.74. The van der Waals surface area contributed by atoms with Gasteiger partial charge >= 0.3 is 6.09 Å². The van der Waals surface area contributed by atoms with Gasteiger partial charge in [0, 0.05) is 5.39 Å². The summed E-state index contributed by atoms with van der Waals surface area (Å²) in [5, 5.41) is 5.17. The van der Waals surface area contributed by atoms with Crippen LogP contribution >= 0.6 is 0 Å². The molecule has 0 saturated carbocycles. The lowest BCUT2D eigenvalue weighted by Gasteiger charge is -1.98. The van der Waals surface area contributed by atoms with Crippen LogP contribution in [-0.4, -0.2) is 23.0 Å². The highest BCUT2D eigenvalue weighted by Gasteiger charge is 2.13. The van der Waals surface area contributed by atoms with Crippen LogP contribution in [0.4, 0.5) is 4.79 Å². The van der Waals surface area contributed by atoms with Gasteiger partial charge in [-0.05, 0) is 18.6 Å². The molecule has 4 heteroatoms. The second-order valence-electron chi connectivity index (χ2n) is 3.13. The maximum atomic E-state index is 11.4. The van der Waals surface area contributed by atoms with Crippen molar-refractivity contribution in [3.05, 3.63) is 30.0 Å². The molecule has 0 bridgehead atoms. The normalized spacial score (nSPS) is 10.5. The van der Waals surface area contributed by atoms with E-state index in [0.29, 0.717) is 0 Å². The van der Waals surface area contributed by atoms with Gasteiger partial charge in [-0.2, -0.15) is 9.78 Å². The Balaban J connectivity index is 2.70. The molecule has 15 heavy (non-hydrogen) atoms. The summed E-state index contributed by atoms with van der Waals surface area (Å²) in [6.07, 6.45) is 0.309. The topological polar surface area (TPSA) is 44.1 Å². The number of aryl methyl sites for hydroxylation is 1. The predicted octanol–water partition coefficient (Wildman–Crippen LogP) is 2.01. The van der Waals surface area contributed by atoms with E-state index in [2.05, 4.69) is 15.9 Å². The van der Waals surface area contributed by atoms with Crippen LogP contribution in [0.15, 0.2) is 18.2 Å². The van der Waals surface area contributed by atoms with Crippen LogP contribution in [0.3, 0.4) is 0 Å². The molecule has 0 unspecified atom stereocenters. The third-order valence-electron chi connectivity index (χ3n) is 2.28. The maximum Gasteiger partial charge on any atom is 0.434 e. The van der Waals surface area contributed by atoms with Gasteiger partial charge in [0.2, 0.25) is 0 Å². The zero-order chi connectivity index (χ0) is 10.8.